The van der Waals surface area contributed by atoms with Crippen molar-refractivity contribution in [3.05, 3.63) is 59.9 Å². The van der Waals surface area contributed by atoms with E-state index in [0.29, 0.717) is 26.0 Å². The van der Waals surface area contributed by atoms with Crippen molar-refractivity contribution >= 4 is 11.8 Å². The van der Waals surface area contributed by atoms with Crippen LogP contribution in [0, 0.1) is 5.82 Å². The average Bonchev–Trinajstić information content (AvgIpc) is 2.74. The first-order valence-corrected chi connectivity index (χ1v) is 9.46. The first-order chi connectivity index (χ1) is 13.5. The zero-order valence-corrected chi connectivity index (χ0v) is 16.2. The van der Waals surface area contributed by atoms with Gasteiger partial charge in [-0.25, -0.2) is 4.39 Å². The molecular formula is C22H25FN2O3. The van der Waals surface area contributed by atoms with Crippen molar-refractivity contribution in [1.82, 2.24) is 10.2 Å². The van der Waals surface area contributed by atoms with Crippen LogP contribution in [0.4, 0.5) is 4.39 Å². The molecule has 5 nitrogen and oxygen atoms in total. The van der Waals surface area contributed by atoms with E-state index in [9.17, 15) is 14.0 Å². The van der Waals surface area contributed by atoms with Gasteiger partial charge in [0.2, 0.25) is 5.91 Å². The van der Waals surface area contributed by atoms with Crippen LogP contribution < -0.4 is 5.32 Å². The molecule has 0 aromatic heterocycles. The summed E-state index contributed by atoms with van der Waals surface area (Å²) in [5.74, 6) is -0.486. The molecule has 0 unspecified atom stereocenters. The van der Waals surface area contributed by atoms with Gasteiger partial charge in [0.15, 0.2) is 5.60 Å². The molecule has 148 valence electrons. The Bertz CT molecular complexity index is 836. The number of halogens is 1. The van der Waals surface area contributed by atoms with E-state index in [1.54, 1.807) is 24.1 Å². The lowest BCUT2D eigenvalue weighted by Gasteiger charge is -2.41. The van der Waals surface area contributed by atoms with Crippen molar-refractivity contribution in [2.75, 3.05) is 26.7 Å². The Kier molecular flexibility index (Phi) is 6.09. The van der Waals surface area contributed by atoms with E-state index >= 15 is 0 Å². The van der Waals surface area contributed by atoms with Crippen LogP contribution in [0.3, 0.4) is 0 Å². The lowest BCUT2D eigenvalue weighted by atomic mass is 9.90. The number of ether oxygens (including phenoxy) is 1. The first-order valence-electron chi connectivity index (χ1n) is 9.46. The largest absolute Gasteiger partial charge is 0.361 e. The van der Waals surface area contributed by atoms with Gasteiger partial charge in [-0.3, -0.25) is 9.59 Å². The SMILES string of the molecule is CCC(=O)N1CCO[C@@](Cc2ccc(-c3ccc(F)cc3)cc2)(C(=O)NC)C1. The predicted molar refractivity (Wildman–Crippen MR) is 105 cm³/mol. The molecule has 2 aromatic carbocycles. The van der Waals surface area contributed by atoms with E-state index < -0.39 is 5.60 Å². The van der Waals surface area contributed by atoms with Gasteiger partial charge in [-0.05, 0) is 28.8 Å². The first kappa shape index (κ1) is 20.0. The quantitative estimate of drug-likeness (QED) is 0.862. The Labute approximate surface area is 164 Å². The fourth-order valence-electron chi connectivity index (χ4n) is 3.56. The van der Waals surface area contributed by atoms with Crippen molar-refractivity contribution in [3.63, 3.8) is 0 Å². The number of benzene rings is 2. The van der Waals surface area contributed by atoms with Crippen molar-refractivity contribution in [3.8, 4) is 11.1 Å². The molecule has 0 saturated carbocycles. The zero-order chi connectivity index (χ0) is 20.1. The highest BCUT2D eigenvalue weighted by molar-refractivity contribution is 5.87. The van der Waals surface area contributed by atoms with E-state index in [2.05, 4.69) is 5.32 Å². The average molecular weight is 384 g/mol. The Hall–Kier alpha value is -2.73. The minimum atomic E-state index is -1.10. The van der Waals surface area contributed by atoms with Crippen molar-refractivity contribution in [1.29, 1.82) is 0 Å². The summed E-state index contributed by atoms with van der Waals surface area (Å²) in [7, 11) is 1.58. The lowest BCUT2D eigenvalue weighted by molar-refractivity contribution is -0.165. The summed E-state index contributed by atoms with van der Waals surface area (Å²) >= 11 is 0. The van der Waals surface area contributed by atoms with Crippen LogP contribution in [0.1, 0.15) is 18.9 Å². The van der Waals surface area contributed by atoms with Gasteiger partial charge in [-0.15, -0.1) is 0 Å². The third-order valence-electron chi connectivity index (χ3n) is 5.10. The molecule has 1 saturated heterocycles. The number of morpholine rings is 1. The minimum absolute atomic E-state index is 0.0169. The molecule has 1 heterocycles. The van der Waals surface area contributed by atoms with Crippen LogP contribution in [0.25, 0.3) is 11.1 Å². The van der Waals surface area contributed by atoms with Gasteiger partial charge < -0.3 is 15.0 Å². The van der Waals surface area contributed by atoms with Crippen molar-refractivity contribution < 1.29 is 18.7 Å². The molecule has 1 atom stereocenters. The number of hydrogen-bond donors (Lipinski definition) is 1. The minimum Gasteiger partial charge on any atom is -0.361 e. The third kappa shape index (κ3) is 4.22. The molecule has 2 amide bonds. The molecule has 1 aliphatic heterocycles. The molecular weight excluding hydrogens is 359 g/mol. The number of amides is 2. The van der Waals surface area contributed by atoms with Gasteiger partial charge in [0.25, 0.3) is 5.91 Å². The zero-order valence-electron chi connectivity index (χ0n) is 16.2. The smallest absolute Gasteiger partial charge is 0.254 e. The fourth-order valence-corrected chi connectivity index (χ4v) is 3.56. The molecule has 0 radical (unpaired) electrons. The molecule has 3 rings (SSSR count). The summed E-state index contributed by atoms with van der Waals surface area (Å²) in [4.78, 5) is 26.5. The summed E-state index contributed by atoms with van der Waals surface area (Å²) < 4.78 is 19.0. The highest BCUT2D eigenvalue weighted by Gasteiger charge is 2.44. The molecule has 0 aliphatic carbocycles. The van der Waals surface area contributed by atoms with Crippen LogP contribution >= 0.6 is 0 Å². The number of carbonyl (C=O) groups excluding carboxylic acids is 2. The maximum absolute atomic E-state index is 13.1. The van der Waals surface area contributed by atoms with E-state index in [4.69, 9.17) is 4.74 Å². The van der Waals surface area contributed by atoms with Crippen LogP contribution in [0.5, 0.6) is 0 Å². The summed E-state index contributed by atoms with van der Waals surface area (Å²) in [5.41, 5.74) is 1.71. The van der Waals surface area contributed by atoms with Gasteiger partial charge in [-0.2, -0.15) is 0 Å². The molecule has 0 spiro atoms. The number of carbonyl (C=O) groups is 2. The fraction of sp³-hybridized carbons (Fsp3) is 0.364. The maximum Gasteiger partial charge on any atom is 0.254 e. The van der Waals surface area contributed by atoms with Gasteiger partial charge in [-0.1, -0.05) is 43.3 Å². The molecule has 1 fully saturated rings. The number of hydrogen-bond acceptors (Lipinski definition) is 3. The summed E-state index contributed by atoms with van der Waals surface area (Å²) in [5, 5.41) is 2.68. The molecule has 1 aliphatic rings. The van der Waals surface area contributed by atoms with Gasteiger partial charge in [0.05, 0.1) is 13.2 Å². The maximum atomic E-state index is 13.1. The molecule has 1 N–H and O–H groups in total. The van der Waals surface area contributed by atoms with Crippen LogP contribution in [-0.4, -0.2) is 49.1 Å². The van der Waals surface area contributed by atoms with Crippen molar-refractivity contribution in [2.24, 2.45) is 0 Å². The molecule has 28 heavy (non-hydrogen) atoms. The van der Waals surface area contributed by atoms with E-state index in [0.717, 1.165) is 16.7 Å². The Morgan fingerprint density at radius 1 is 1.11 bits per heavy atom. The predicted octanol–water partition coefficient (Wildman–Crippen LogP) is 2.79. The summed E-state index contributed by atoms with van der Waals surface area (Å²) in [6, 6.07) is 14.1. The molecule has 2 aromatic rings. The van der Waals surface area contributed by atoms with E-state index in [1.165, 1.54) is 12.1 Å². The van der Waals surface area contributed by atoms with Crippen LogP contribution in [0.15, 0.2) is 48.5 Å². The normalized spacial score (nSPS) is 19.3. The molecule has 0 bridgehead atoms. The second kappa shape index (κ2) is 8.52. The van der Waals surface area contributed by atoms with Crippen LogP contribution in [-0.2, 0) is 20.7 Å². The lowest BCUT2D eigenvalue weighted by Crippen LogP contribution is -2.61. The second-order valence-corrected chi connectivity index (χ2v) is 6.97. The number of rotatable bonds is 5. The van der Waals surface area contributed by atoms with E-state index in [-0.39, 0.29) is 24.2 Å². The monoisotopic (exact) mass is 384 g/mol. The summed E-state index contributed by atoms with van der Waals surface area (Å²) in [6.07, 6.45) is 0.764. The van der Waals surface area contributed by atoms with Gasteiger partial charge in [0, 0.05) is 26.4 Å². The van der Waals surface area contributed by atoms with Gasteiger partial charge >= 0.3 is 0 Å². The molecule has 6 heteroatoms. The van der Waals surface area contributed by atoms with Crippen molar-refractivity contribution in [2.45, 2.75) is 25.4 Å². The Balaban J connectivity index is 1.82. The Morgan fingerprint density at radius 2 is 1.71 bits per heavy atom. The van der Waals surface area contributed by atoms with E-state index in [1.807, 2.05) is 31.2 Å². The summed E-state index contributed by atoms with van der Waals surface area (Å²) in [6.45, 7) is 2.87. The Morgan fingerprint density at radius 3 is 2.29 bits per heavy atom. The van der Waals surface area contributed by atoms with Gasteiger partial charge in [0.1, 0.15) is 5.82 Å². The van der Waals surface area contributed by atoms with Crippen LogP contribution in [0.2, 0.25) is 0 Å². The number of likely N-dealkylation sites (N-methyl/N-ethyl adjacent to an activating group) is 1. The standard InChI is InChI=1S/C22H25FN2O3/c1-3-20(26)25-12-13-28-22(15-25,21(27)24-2)14-16-4-6-17(7-5-16)18-8-10-19(23)11-9-18/h4-11H,3,12-15H2,1-2H3,(H,24,27)/t22-/m1/s1. The highest BCUT2D eigenvalue weighted by atomic mass is 19.1. The third-order valence-corrected chi connectivity index (χ3v) is 5.10. The second-order valence-electron chi connectivity index (χ2n) is 6.97. The number of nitrogens with zero attached hydrogens (tertiary/aromatic N) is 1. The highest BCUT2D eigenvalue weighted by Crippen LogP contribution is 2.26. The topological polar surface area (TPSA) is 58.6 Å². The number of nitrogens with one attached hydrogen (secondary N) is 1.